The molecule has 3 rings (SSSR count). The van der Waals surface area contributed by atoms with Gasteiger partial charge in [-0.25, -0.2) is 9.97 Å². The van der Waals surface area contributed by atoms with Crippen molar-refractivity contribution in [2.45, 2.75) is 39.0 Å². The first-order valence-corrected chi connectivity index (χ1v) is 6.13. The zero-order valence-electron chi connectivity index (χ0n) is 10.5. The lowest BCUT2D eigenvalue weighted by molar-refractivity contribution is -0.136. The predicted molar refractivity (Wildman–Crippen MR) is 65.8 cm³/mol. The zero-order chi connectivity index (χ0) is 12.9. The van der Waals surface area contributed by atoms with Crippen molar-refractivity contribution in [3.63, 3.8) is 0 Å². The van der Waals surface area contributed by atoms with Gasteiger partial charge in [0.2, 0.25) is 0 Å². The molecule has 2 heterocycles. The Balaban J connectivity index is 2.19. The van der Waals surface area contributed by atoms with Crippen LogP contribution in [0.1, 0.15) is 41.7 Å². The quantitative estimate of drug-likeness (QED) is 0.896. The highest BCUT2D eigenvalue weighted by Gasteiger charge is 2.26. The average molecular weight is 245 g/mol. The zero-order valence-corrected chi connectivity index (χ0v) is 10.5. The highest BCUT2D eigenvalue weighted by Crippen LogP contribution is 2.39. The van der Waals surface area contributed by atoms with Gasteiger partial charge < -0.3 is 5.11 Å². The molecule has 0 saturated heterocycles. The molecular formula is C13H15N3O2. The highest BCUT2D eigenvalue weighted by molar-refractivity contribution is 5.70. The molecule has 0 aliphatic heterocycles. The first-order chi connectivity index (χ1) is 8.56. The molecule has 5 nitrogen and oxygen atoms in total. The fraction of sp³-hybridized carbons (Fsp3) is 0.462. The van der Waals surface area contributed by atoms with E-state index in [-0.39, 0.29) is 6.42 Å². The third kappa shape index (κ3) is 1.75. The third-order valence-corrected chi connectivity index (χ3v) is 3.40. The Morgan fingerprint density at radius 3 is 2.78 bits per heavy atom. The largest absolute Gasteiger partial charge is 0.481 e. The van der Waals surface area contributed by atoms with E-state index in [1.54, 1.807) is 0 Å². The van der Waals surface area contributed by atoms with Crippen LogP contribution in [0.2, 0.25) is 0 Å². The van der Waals surface area contributed by atoms with Gasteiger partial charge in [-0.1, -0.05) is 0 Å². The average Bonchev–Trinajstić information content (AvgIpc) is 3.05. The minimum absolute atomic E-state index is 0.0156. The van der Waals surface area contributed by atoms with Crippen molar-refractivity contribution < 1.29 is 9.90 Å². The summed E-state index contributed by atoms with van der Waals surface area (Å²) in [4.78, 5) is 19.9. The number of hydrogen-bond donors (Lipinski definition) is 1. The molecule has 1 N–H and O–H groups in total. The lowest BCUT2D eigenvalue weighted by Crippen LogP contribution is -2.08. The molecule has 5 heteroatoms. The second-order valence-electron chi connectivity index (χ2n) is 4.91. The highest BCUT2D eigenvalue weighted by atomic mass is 16.4. The molecule has 0 atom stereocenters. The number of carbonyl (C=O) groups is 1. The Hall–Kier alpha value is -1.91. The molecule has 0 bridgehead atoms. The number of aryl methyl sites for hydroxylation is 2. The molecule has 94 valence electrons. The Morgan fingerprint density at radius 2 is 2.17 bits per heavy atom. The predicted octanol–water partition coefficient (Wildman–Crippen LogP) is 1.85. The summed E-state index contributed by atoms with van der Waals surface area (Å²) in [6, 6.07) is 1.99. The van der Waals surface area contributed by atoms with Gasteiger partial charge in [0.15, 0.2) is 0 Å². The molecule has 2 aromatic heterocycles. The van der Waals surface area contributed by atoms with Crippen molar-refractivity contribution >= 4 is 11.6 Å². The number of hydrogen-bond acceptors (Lipinski definition) is 3. The number of carboxylic acid groups (broad SMARTS) is 1. The molecular weight excluding hydrogens is 230 g/mol. The smallest absolute Gasteiger partial charge is 0.309 e. The fourth-order valence-electron chi connectivity index (χ4n) is 2.38. The molecule has 0 radical (unpaired) electrons. The summed E-state index contributed by atoms with van der Waals surface area (Å²) in [5, 5.41) is 8.95. The number of nitrogens with zero attached hydrogens (tertiary/aromatic N) is 3. The van der Waals surface area contributed by atoms with Gasteiger partial charge in [-0.2, -0.15) is 0 Å². The summed E-state index contributed by atoms with van der Waals surface area (Å²) in [5.41, 5.74) is 3.41. The first-order valence-electron chi connectivity index (χ1n) is 6.13. The van der Waals surface area contributed by atoms with Crippen LogP contribution >= 0.6 is 0 Å². The summed E-state index contributed by atoms with van der Waals surface area (Å²) in [6.07, 6.45) is 2.38. The molecule has 0 spiro atoms. The van der Waals surface area contributed by atoms with E-state index in [0.29, 0.717) is 5.92 Å². The number of rotatable bonds is 3. The van der Waals surface area contributed by atoms with Crippen molar-refractivity contribution in [2.75, 3.05) is 0 Å². The van der Waals surface area contributed by atoms with Gasteiger partial charge in [0.1, 0.15) is 11.5 Å². The fourth-order valence-corrected chi connectivity index (χ4v) is 2.38. The topological polar surface area (TPSA) is 67.5 Å². The molecule has 1 aliphatic carbocycles. The van der Waals surface area contributed by atoms with Crippen LogP contribution in [-0.4, -0.2) is 25.4 Å². The second-order valence-corrected chi connectivity index (χ2v) is 4.91. The van der Waals surface area contributed by atoms with Crippen molar-refractivity contribution in [2.24, 2.45) is 0 Å². The first kappa shape index (κ1) is 11.2. The van der Waals surface area contributed by atoms with Crippen molar-refractivity contribution in [1.82, 2.24) is 14.4 Å². The maximum Gasteiger partial charge on any atom is 0.309 e. The van der Waals surface area contributed by atoms with Gasteiger partial charge in [-0.3, -0.25) is 9.20 Å². The minimum atomic E-state index is -0.842. The molecule has 18 heavy (non-hydrogen) atoms. The number of aliphatic carboxylic acids is 1. The Bertz CT molecular complexity index is 641. The van der Waals surface area contributed by atoms with Crippen LogP contribution in [-0.2, 0) is 11.2 Å². The van der Waals surface area contributed by atoms with E-state index >= 15 is 0 Å². The van der Waals surface area contributed by atoms with Gasteiger partial charge in [-0.15, -0.1) is 0 Å². The van der Waals surface area contributed by atoms with E-state index in [4.69, 9.17) is 5.11 Å². The van der Waals surface area contributed by atoms with E-state index in [1.807, 2.05) is 24.3 Å². The number of imidazole rings is 1. The molecule has 1 fully saturated rings. The van der Waals surface area contributed by atoms with E-state index in [1.165, 1.54) is 12.8 Å². The summed E-state index contributed by atoms with van der Waals surface area (Å²) in [5.74, 6) is 0.561. The summed E-state index contributed by atoms with van der Waals surface area (Å²) in [6.45, 7) is 3.76. The standard InChI is InChI=1S/C13H15N3O2/c1-7-11(6-13(17)18)16-8(2)15-10(9-3-4-9)5-12(16)14-7/h5,9H,3-4,6H2,1-2H3,(H,17,18). The molecule has 0 aromatic carbocycles. The van der Waals surface area contributed by atoms with E-state index in [2.05, 4.69) is 9.97 Å². The second kappa shape index (κ2) is 3.80. The SMILES string of the molecule is Cc1nc2cc(C3CC3)nc(C)n2c1CC(=O)O. The van der Waals surface area contributed by atoms with Crippen LogP contribution in [0, 0.1) is 13.8 Å². The molecule has 2 aromatic rings. The number of fused-ring (bicyclic) bond motifs is 1. The Morgan fingerprint density at radius 1 is 1.44 bits per heavy atom. The van der Waals surface area contributed by atoms with Gasteiger partial charge >= 0.3 is 5.97 Å². The lowest BCUT2D eigenvalue weighted by Gasteiger charge is -2.06. The maximum atomic E-state index is 10.9. The van der Waals surface area contributed by atoms with Crippen LogP contribution in [0.3, 0.4) is 0 Å². The van der Waals surface area contributed by atoms with Crippen molar-refractivity contribution in [1.29, 1.82) is 0 Å². The lowest BCUT2D eigenvalue weighted by atomic mass is 10.2. The molecule has 1 aliphatic rings. The normalized spacial score (nSPS) is 15.2. The number of aromatic nitrogens is 3. The third-order valence-electron chi connectivity index (χ3n) is 3.40. The minimum Gasteiger partial charge on any atom is -0.481 e. The van der Waals surface area contributed by atoms with Gasteiger partial charge in [0, 0.05) is 17.7 Å². The van der Waals surface area contributed by atoms with Gasteiger partial charge in [0.05, 0.1) is 17.8 Å². The van der Waals surface area contributed by atoms with Crippen LogP contribution in [0.15, 0.2) is 6.07 Å². The van der Waals surface area contributed by atoms with E-state index in [0.717, 1.165) is 28.6 Å². The number of carboxylic acids is 1. The van der Waals surface area contributed by atoms with Crippen molar-refractivity contribution in [3.05, 3.63) is 29.0 Å². The van der Waals surface area contributed by atoms with E-state index in [9.17, 15) is 4.79 Å². The van der Waals surface area contributed by atoms with Crippen LogP contribution < -0.4 is 0 Å². The summed E-state index contributed by atoms with van der Waals surface area (Å²) < 4.78 is 1.86. The van der Waals surface area contributed by atoms with Crippen LogP contribution in [0.25, 0.3) is 5.65 Å². The summed E-state index contributed by atoms with van der Waals surface area (Å²) in [7, 11) is 0. The summed E-state index contributed by atoms with van der Waals surface area (Å²) >= 11 is 0. The van der Waals surface area contributed by atoms with E-state index < -0.39 is 5.97 Å². The van der Waals surface area contributed by atoms with Gasteiger partial charge in [0.25, 0.3) is 0 Å². The van der Waals surface area contributed by atoms with Crippen LogP contribution in [0.4, 0.5) is 0 Å². The van der Waals surface area contributed by atoms with Gasteiger partial charge in [-0.05, 0) is 26.7 Å². The van der Waals surface area contributed by atoms with Crippen molar-refractivity contribution in [3.8, 4) is 0 Å². The molecule has 0 amide bonds. The molecule has 1 saturated carbocycles. The monoisotopic (exact) mass is 245 g/mol. The Labute approximate surface area is 104 Å². The molecule has 0 unspecified atom stereocenters. The van der Waals surface area contributed by atoms with Crippen LogP contribution in [0.5, 0.6) is 0 Å². The Kier molecular flexibility index (Phi) is 2.36. The maximum absolute atomic E-state index is 10.9.